The van der Waals surface area contributed by atoms with Crippen molar-refractivity contribution in [2.45, 2.75) is 23.9 Å². The summed E-state index contributed by atoms with van der Waals surface area (Å²) in [4.78, 5) is 10.7. The van der Waals surface area contributed by atoms with Crippen LogP contribution in [0.15, 0.2) is 29.4 Å². The van der Waals surface area contributed by atoms with Gasteiger partial charge in [0.2, 0.25) is 0 Å². The molecule has 1 aliphatic carbocycles. The summed E-state index contributed by atoms with van der Waals surface area (Å²) >= 11 is 1.12. The number of nitrogens with zero attached hydrogens (tertiary/aromatic N) is 3. The van der Waals surface area contributed by atoms with Crippen molar-refractivity contribution in [1.82, 2.24) is 14.8 Å². The minimum atomic E-state index is -0.906. The molecule has 7 heteroatoms. The van der Waals surface area contributed by atoms with Gasteiger partial charge in [-0.25, -0.2) is 4.39 Å². The summed E-state index contributed by atoms with van der Waals surface area (Å²) in [6.45, 7) is 0. The van der Waals surface area contributed by atoms with Gasteiger partial charge in [0.15, 0.2) is 5.16 Å². The smallest absolute Gasteiger partial charge is 0.313 e. The van der Waals surface area contributed by atoms with Crippen molar-refractivity contribution in [1.29, 1.82) is 0 Å². The Morgan fingerprint density at radius 3 is 2.65 bits per heavy atom. The summed E-state index contributed by atoms with van der Waals surface area (Å²) in [5, 5.41) is 17.5. The van der Waals surface area contributed by atoms with Crippen molar-refractivity contribution in [2.24, 2.45) is 0 Å². The van der Waals surface area contributed by atoms with E-state index < -0.39 is 5.97 Å². The van der Waals surface area contributed by atoms with Gasteiger partial charge in [-0.3, -0.25) is 9.36 Å². The number of carboxylic acids is 1. The van der Waals surface area contributed by atoms with Crippen molar-refractivity contribution in [3.05, 3.63) is 35.9 Å². The van der Waals surface area contributed by atoms with Gasteiger partial charge in [0.25, 0.3) is 0 Å². The molecule has 3 rings (SSSR count). The van der Waals surface area contributed by atoms with Crippen LogP contribution in [0.4, 0.5) is 4.39 Å². The first-order valence-corrected chi connectivity index (χ1v) is 7.19. The van der Waals surface area contributed by atoms with Crippen LogP contribution in [-0.2, 0) is 4.79 Å². The molecule has 0 saturated heterocycles. The number of halogens is 1. The van der Waals surface area contributed by atoms with E-state index in [9.17, 15) is 9.18 Å². The Kier molecular flexibility index (Phi) is 3.43. The average Bonchev–Trinajstić information content (AvgIpc) is 3.18. The first-order valence-electron chi connectivity index (χ1n) is 6.21. The predicted octanol–water partition coefficient (Wildman–Crippen LogP) is 2.46. The summed E-state index contributed by atoms with van der Waals surface area (Å²) in [5.41, 5.74) is 0.756. The van der Waals surface area contributed by atoms with Gasteiger partial charge in [0.05, 0.1) is 5.75 Å². The Bertz CT molecular complexity index is 638. The topological polar surface area (TPSA) is 68.0 Å². The zero-order chi connectivity index (χ0) is 14.1. The van der Waals surface area contributed by atoms with E-state index in [1.54, 1.807) is 12.1 Å². The van der Waals surface area contributed by atoms with Gasteiger partial charge in [0, 0.05) is 11.6 Å². The number of aliphatic carboxylic acids is 1. The predicted molar refractivity (Wildman–Crippen MR) is 71.7 cm³/mol. The molecule has 0 radical (unpaired) electrons. The fourth-order valence-corrected chi connectivity index (χ4v) is 2.62. The van der Waals surface area contributed by atoms with Gasteiger partial charge in [-0.2, -0.15) is 0 Å². The molecule has 1 aliphatic rings. The summed E-state index contributed by atoms with van der Waals surface area (Å²) in [5.74, 6) is -0.105. The highest BCUT2D eigenvalue weighted by Gasteiger charge is 2.31. The lowest BCUT2D eigenvalue weighted by Crippen LogP contribution is -2.04. The number of thioether (sulfide) groups is 1. The third-order valence-electron chi connectivity index (χ3n) is 3.01. The van der Waals surface area contributed by atoms with Gasteiger partial charge in [-0.1, -0.05) is 11.8 Å². The second kappa shape index (κ2) is 5.24. The fraction of sp³-hybridized carbons (Fsp3) is 0.308. The van der Waals surface area contributed by atoms with Crippen molar-refractivity contribution in [3.63, 3.8) is 0 Å². The second-order valence-corrected chi connectivity index (χ2v) is 5.55. The van der Waals surface area contributed by atoms with E-state index in [2.05, 4.69) is 10.2 Å². The van der Waals surface area contributed by atoms with Gasteiger partial charge in [-0.05, 0) is 37.1 Å². The fourth-order valence-electron chi connectivity index (χ4n) is 1.94. The number of hydrogen-bond donors (Lipinski definition) is 1. The molecule has 1 aromatic heterocycles. The number of hydrogen-bond acceptors (Lipinski definition) is 4. The molecule has 0 spiro atoms. The Morgan fingerprint density at radius 2 is 2.05 bits per heavy atom. The normalized spacial score (nSPS) is 14.4. The lowest BCUT2D eigenvalue weighted by atomic mass is 10.3. The van der Waals surface area contributed by atoms with Gasteiger partial charge >= 0.3 is 5.97 Å². The highest BCUT2D eigenvalue weighted by Crippen LogP contribution is 2.41. The van der Waals surface area contributed by atoms with Crippen LogP contribution >= 0.6 is 11.8 Å². The third-order valence-corrected chi connectivity index (χ3v) is 3.92. The average molecular weight is 293 g/mol. The van der Waals surface area contributed by atoms with Crippen LogP contribution in [0.25, 0.3) is 5.69 Å². The minimum Gasteiger partial charge on any atom is -0.481 e. The number of rotatable bonds is 5. The summed E-state index contributed by atoms with van der Waals surface area (Å²) in [6, 6.07) is 6.04. The standard InChI is InChI=1S/C13H12FN3O2S/c14-9-3-5-10(6-4-9)17-12(8-1-2-8)15-16-13(17)20-7-11(18)19/h3-6,8H,1-2,7H2,(H,18,19). The molecular weight excluding hydrogens is 281 g/mol. The zero-order valence-electron chi connectivity index (χ0n) is 10.5. The maximum absolute atomic E-state index is 13.0. The number of carbonyl (C=O) groups is 1. The lowest BCUT2D eigenvalue weighted by molar-refractivity contribution is -0.133. The van der Waals surface area contributed by atoms with Crippen molar-refractivity contribution < 1.29 is 14.3 Å². The van der Waals surface area contributed by atoms with Crippen LogP contribution in [0.1, 0.15) is 24.6 Å². The van der Waals surface area contributed by atoms with Crippen molar-refractivity contribution in [2.75, 3.05) is 5.75 Å². The highest BCUT2D eigenvalue weighted by molar-refractivity contribution is 7.99. The minimum absolute atomic E-state index is 0.0794. The van der Waals surface area contributed by atoms with Gasteiger partial charge < -0.3 is 5.11 Å². The van der Waals surface area contributed by atoms with E-state index >= 15 is 0 Å². The summed E-state index contributed by atoms with van der Waals surface area (Å²) < 4.78 is 14.9. The first-order chi connectivity index (χ1) is 9.65. The lowest BCUT2D eigenvalue weighted by Gasteiger charge is -2.09. The summed E-state index contributed by atoms with van der Waals surface area (Å²) in [6.07, 6.45) is 2.12. The number of benzene rings is 1. The molecule has 1 fully saturated rings. The molecular formula is C13H12FN3O2S. The van der Waals surface area contributed by atoms with Crippen LogP contribution in [0.3, 0.4) is 0 Å². The Morgan fingerprint density at radius 1 is 1.35 bits per heavy atom. The molecule has 1 saturated carbocycles. The molecule has 0 aliphatic heterocycles. The maximum atomic E-state index is 13.0. The molecule has 0 amide bonds. The van der Waals surface area contributed by atoms with Crippen molar-refractivity contribution in [3.8, 4) is 5.69 Å². The van der Waals surface area contributed by atoms with Crippen LogP contribution in [0.5, 0.6) is 0 Å². The molecule has 0 atom stereocenters. The van der Waals surface area contributed by atoms with Crippen LogP contribution < -0.4 is 0 Å². The van der Waals surface area contributed by atoms with E-state index in [0.717, 1.165) is 36.1 Å². The monoisotopic (exact) mass is 293 g/mol. The zero-order valence-corrected chi connectivity index (χ0v) is 11.3. The highest BCUT2D eigenvalue weighted by atomic mass is 32.2. The quantitative estimate of drug-likeness (QED) is 0.858. The maximum Gasteiger partial charge on any atom is 0.313 e. The van der Waals surface area contributed by atoms with Crippen molar-refractivity contribution >= 4 is 17.7 Å². The van der Waals surface area contributed by atoms with E-state index in [1.165, 1.54) is 12.1 Å². The molecule has 0 unspecified atom stereocenters. The van der Waals surface area contributed by atoms with E-state index in [1.807, 2.05) is 4.57 Å². The largest absolute Gasteiger partial charge is 0.481 e. The van der Waals surface area contributed by atoms with E-state index in [-0.39, 0.29) is 11.6 Å². The molecule has 20 heavy (non-hydrogen) atoms. The first kappa shape index (κ1) is 13.1. The molecule has 2 aromatic rings. The number of carboxylic acid groups (broad SMARTS) is 1. The molecule has 5 nitrogen and oxygen atoms in total. The van der Waals surface area contributed by atoms with E-state index in [0.29, 0.717) is 11.1 Å². The molecule has 1 aromatic carbocycles. The van der Waals surface area contributed by atoms with Crippen LogP contribution in [0, 0.1) is 5.82 Å². The molecule has 0 bridgehead atoms. The van der Waals surface area contributed by atoms with Crippen LogP contribution in [-0.4, -0.2) is 31.6 Å². The Balaban J connectivity index is 1.98. The van der Waals surface area contributed by atoms with Crippen LogP contribution in [0.2, 0.25) is 0 Å². The molecule has 1 heterocycles. The van der Waals surface area contributed by atoms with Gasteiger partial charge in [-0.15, -0.1) is 10.2 Å². The van der Waals surface area contributed by atoms with Gasteiger partial charge in [0.1, 0.15) is 11.6 Å². The number of aromatic nitrogens is 3. The second-order valence-electron chi connectivity index (χ2n) is 4.61. The third kappa shape index (κ3) is 2.67. The summed E-state index contributed by atoms with van der Waals surface area (Å²) in [7, 11) is 0. The van der Waals surface area contributed by atoms with E-state index in [4.69, 9.17) is 5.11 Å². The SMILES string of the molecule is O=C(O)CSc1nnc(C2CC2)n1-c1ccc(F)cc1. The molecule has 104 valence electrons. The Hall–Kier alpha value is -1.89. The Labute approximate surface area is 118 Å². The molecule has 1 N–H and O–H groups in total.